The molecule has 0 saturated heterocycles. The van der Waals surface area contributed by atoms with E-state index in [0.717, 1.165) is 7.11 Å². The molecule has 0 aliphatic carbocycles. The van der Waals surface area contributed by atoms with Gasteiger partial charge in [-0.3, -0.25) is 4.18 Å². The quantitative estimate of drug-likeness (QED) is 0.389. The van der Waals surface area contributed by atoms with Crippen LogP contribution in [0.4, 0.5) is 0 Å². The Kier molecular flexibility index (Phi) is 12.0. The molecule has 0 aromatic carbocycles. The summed E-state index contributed by atoms with van der Waals surface area (Å²) >= 11 is 0. The highest BCUT2D eigenvalue weighted by Gasteiger charge is 2.21. The van der Waals surface area contributed by atoms with E-state index in [-0.39, 0.29) is 0 Å². The van der Waals surface area contributed by atoms with Crippen LogP contribution in [0.5, 0.6) is 0 Å². The zero-order valence-corrected chi connectivity index (χ0v) is 13.3. The lowest BCUT2D eigenvalue weighted by atomic mass is 10.2. The molecule has 0 bridgehead atoms. The third-order valence-electron chi connectivity index (χ3n) is 2.97. The number of hydrogen-bond donors (Lipinski definition) is 0. The standard InChI is InChI=1S/C11H26N.CH4O4S/c1-5-9-12(8-4,10-6-2)11-7-3;1-5-6(2,3)4/h5-11H2,1-4H3;1H3,(H,2,3,4)/q+1;/p-1. The molecule has 112 valence electrons. The van der Waals surface area contributed by atoms with E-state index in [4.69, 9.17) is 0 Å². The fourth-order valence-electron chi connectivity index (χ4n) is 2.23. The summed E-state index contributed by atoms with van der Waals surface area (Å²) in [5.74, 6) is 0. The van der Waals surface area contributed by atoms with Crippen LogP contribution in [-0.2, 0) is 14.6 Å². The van der Waals surface area contributed by atoms with Gasteiger partial charge in [-0.1, -0.05) is 20.8 Å². The minimum Gasteiger partial charge on any atom is -0.726 e. The molecule has 0 amide bonds. The first-order chi connectivity index (χ1) is 8.30. The largest absolute Gasteiger partial charge is 0.726 e. The smallest absolute Gasteiger partial charge is 0.217 e. The van der Waals surface area contributed by atoms with E-state index < -0.39 is 10.4 Å². The molecular weight excluding hydrogens is 254 g/mol. The number of rotatable bonds is 8. The first-order valence-corrected chi connectivity index (χ1v) is 8.00. The number of nitrogens with zero attached hydrogens (tertiary/aromatic N) is 1. The van der Waals surface area contributed by atoms with Crippen LogP contribution in [0.3, 0.4) is 0 Å². The van der Waals surface area contributed by atoms with Crippen molar-refractivity contribution in [1.82, 2.24) is 0 Å². The average molecular weight is 283 g/mol. The summed E-state index contributed by atoms with van der Waals surface area (Å²) in [5, 5.41) is 0. The van der Waals surface area contributed by atoms with Crippen LogP contribution < -0.4 is 0 Å². The fourth-order valence-corrected chi connectivity index (χ4v) is 2.23. The molecule has 0 heterocycles. The van der Waals surface area contributed by atoms with Crippen LogP contribution in [-0.4, -0.2) is 50.7 Å². The molecule has 0 unspecified atom stereocenters. The summed E-state index contributed by atoms with van der Waals surface area (Å²) in [7, 11) is -3.60. The van der Waals surface area contributed by atoms with Gasteiger partial charge in [0.15, 0.2) is 0 Å². The molecule has 0 saturated carbocycles. The van der Waals surface area contributed by atoms with Gasteiger partial charge < -0.3 is 9.04 Å². The summed E-state index contributed by atoms with van der Waals surface area (Å²) < 4.78 is 32.4. The fraction of sp³-hybridized carbons (Fsp3) is 1.00. The Labute approximate surface area is 113 Å². The van der Waals surface area contributed by atoms with Crippen molar-refractivity contribution in [2.45, 2.75) is 47.0 Å². The molecule has 0 aromatic rings. The van der Waals surface area contributed by atoms with Crippen LogP contribution in [0.2, 0.25) is 0 Å². The van der Waals surface area contributed by atoms with Crippen LogP contribution in [0.15, 0.2) is 0 Å². The predicted octanol–water partition coefficient (Wildman–Crippen LogP) is 2.15. The second kappa shape index (κ2) is 10.7. The maximum absolute atomic E-state index is 9.22. The molecule has 0 radical (unpaired) electrons. The van der Waals surface area contributed by atoms with Gasteiger partial charge in [-0.15, -0.1) is 0 Å². The molecule has 0 spiro atoms. The zero-order chi connectivity index (χ0) is 14.7. The minimum atomic E-state index is -4.41. The van der Waals surface area contributed by atoms with Crippen molar-refractivity contribution in [2.75, 3.05) is 33.3 Å². The summed E-state index contributed by atoms with van der Waals surface area (Å²) in [6.07, 6.45) is 3.98. The van der Waals surface area contributed by atoms with Crippen molar-refractivity contribution < 1.29 is 21.6 Å². The van der Waals surface area contributed by atoms with Crippen LogP contribution in [0, 0.1) is 0 Å². The number of hydrogen-bond acceptors (Lipinski definition) is 4. The SMILES string of the molecule is CCC[N+](CC)(CCC)CCC.COS(=O)(=O)[O-]. The Balaban J connectivity index is 0. The van der Waals surface area contributed by atoms with E-state index in [1.807, 2.05) is 0 Å². The van der Waals surface area contributed by atoms with E-state index in [1.54, 1.807) is 0 Å². The van der Waals surface area contributed by atoms with Gasteiger partial charge in [0.05, 0.1) is 33.3 Å². The Hall–Kier alpha value is -0.170. The average Bonchev–Trinajstić information content (AvgIpc) is 2.30. The highest BCUT2D eigenvalue weighted by Crippen LogP contribution is 2.10. The highest BCUT2D eigenvalue weighted by molar-refractivity contribution is 7.80. The van der Waals surface area contributed by atoms with Crippen molar-refractivity contribution in [2.24, 2.45) is 0 Å². The molecule has 6 heteroatoms. The van der Waals surface area contributed by atoms with Crippen LogP contribution in [0.25, 0.3) is 0 Å². The second-order valence-electron chi connectivity index (χ2n) is 4.40. The molecular formula is C12H29NO4S. The molecule has 0 aliphatic heterocycles. The Morgan fingerprint density at radius 2 is 1.22 bits per heavy atom. The maximum atomic E-state index is 9.22. The normalized spacial score (nSPS) is 11.9. The molecule has 0 rings (SSSR count). The third-order valence-corrected chi connectivity index (χ3v) is 3.38. The van der Waals surface area contributed by atoms with Gasteiger partial charge in [0.2, 0.25) is 10.4 Å². The van der Waals surface area contributed by atoms with Crippen molar-refractivity contribution in [1.29, 1.82) is 0 Å². The highest BCUT2D eigenvalue weighted by atomic mass is 32.3. The first kappa shape index (κ1) is 20.2. The summed E-state index contributed by atoms with van der Waals surface area (Å²) in [4.78, 5) is 0. The Morgan fingerprint density at radius 1 is 0.944 bits per heavy atom. The van der Waals surface area contributed by atoms with E-state index in [0.29, 0.717) is 0 Å². The van der Waals surface area contributed by atoms with Crippen molar-refractivity contribution in [3.05, 3.63) is 0 Å². The molecule has 0 N–H and O–H groups in total. The second-order valence-corrected chi connectivity index (χ2v) is 5.55. The summed E-state index contributed by atoms with van der Waals surface area (Å²) in [5.41, 5.74) is 0. The van der Waals surface area contributed by atoms with E-state index >= 15 is 0 Å². The zero-order valence-electron chi connectivity index (χ0n) is 12.4. The van der Waals surface area contributed by atoms with Gasteiger partial charge in [0.1, 0.15) is 0 Å². The lowest BCUT2D eigenvalue weighted by Gasteiger charge is -2.37. The minimum absolute atomic E-state index is 0.808. The van der Waals surface area contributed by atoms with Crippen molar-refractivity contribution >= 4 is 10.4 Å². The van der Waals surface area contributed by atoms with Gasteiger partial charge in [0, 0.05) is 0 Å². The lowest BCUT2D eigenvalue weighted by Crippen LogP contribution is -2.49. The number of quaternary nitrogens is 1. The van der Waals surface area contributed by atoms with E-state index in [9.17, 15) is 13.0 Å². The van der Waals surface area contributed by atoms with Gasteiger partial charge >= 0.3 is 0 Å². The van der Waals surface area contributed by atoms with Gasteiger partial charge in [-0.05, 0) is 26.2 Å². The monoisotopic (exact) mass is 283 g/mol. The van der Waals surface area contributed by atoms with Crippen LogP contribution in [0.1, 0.15) is 47.0 Å². The van der Waals surface area contributed by atoms with Crippen LogP contribution >= 0.6 is 0 Å². The van der Waals surface area contributed by atoms with E-state index in [1.165, 1.54) is 49.9 Å². The predicted molar refractivity (Wildman–Crippen MR) is 73.0 cm³/mol. The molecule has 0 atom stereocenters. The first-order valence-electron chi connectivity index (χ1n) is 6.67. The van der Waals surface area contributed by atoms with Crippen molar-refractivity contribution in [3.63, 3.8) is 0 Å². The van der Waals surface area contributed by atoms with Crippen molar-refractivity contribution in [3.8, 4) is 0 Å². The molecule has 5 nitrogen and oxygen atoms in total. The summed E-state index contributed by atoms with van der Waals surface area (Å²) in [6.45, 7) is 14.7. The van der Waals surface area contributed by atoms with Gasteiger partial charge in [0.25, 0.3) is 0 Å². The lowest BCUT2D eigenvalue weighted by molar-refractivity contribution is -0.926. The molecule has 18 heavy (non-hydrogen) atoms. The topological polar surface area (TPSA) is 66.4 Å². The summed E-state index contributed by atoms with van der Waals surface area (Å²) in [6, 6.07) is 0. The molecule has 0 aromatic heterocycles. The van der Waals surface area contributed by atoms with E-state index in [2.05, 4.69) is 31.9 Å². The molecule has 0 aliphatic rings. The van der Waals surface area contributed by atoms with Gasteiger partial charge in [-0.2, -0.15) is 0 Å². The van der Waals surface area contributed by atoms with Gasteiger partial charge in [-0.25, -0.2) is 8.42 Å². The Morgan fingerprint density at radius 3 is 1.33 bits per heavy atom. The third kappa shape index (κ3) is 11.0. The maximum Gasteiger partial charge on any atom is 0.217 e. The Bertz CT molecular complexity index is 261. The molecule has 0 fully saturated rings.